The van der Waals surface area contributed by atoms with Crippen LogP contribution in [0.4, 0.5) is 0 Å². The molecule has 0 saturated heterocycles. The molecular weight excluding hydrogens is 286 g/mol. The molecular formula is C16H27NO3S. The molecule has 1 unspecified atom stereocenters. The van der Waals surface area contributed by atoms with E-state index in [0.29, 0.717) is 23.3 Å². The summed E-state index contributed by atoms with van der Waals surface area (Å²) in [5.41, 5.74) is 1.12. The van der Waals surface area contributed by atoms with Crippen LogP contribution in [-0.2, 0) is 6.54 Å². The molecule has 0 aliphatic heterocycles. The summed E-state index contributed by atoms with van der Waals surface area (Å²) >= 11 is 1.98. The Bertz CT molecular complexity index is 401. The zero-order chi connectivity index (χ0) is 15.7. The molecule has 0 radical (unpaired) electrons. The van der Waals surface area contributed by atoms with Gasteiger partial charge in [0.05, 0.1) is 21.3 Å². The third kappa shape index (κ3) is 5.67. The van der Waals surface area contributed by atoms with Crippen molar-refractivity contribution in [2.75, 3.05) is 32.8 Å². The largest absolute Gasteiger partial charge is 0.493 e. The second-order valence-corrected chi connectivity index (χ2v) is 6.19. The van der Waals surface area contributed by atoms with E-state index < -0.39 is 0 Å². The lowest BCUT2D eigenvalue weighted by Gasteiger charge is -2.16. The van der Waals surface area contributed by atoms with Gasteiger partial charge in [-0.25, -0.2) is 0 Å². The van der Waals surface area contributed by atoms with E-state index in [-0.39, 0.29) is 0 Å². The van der Waals surface area contributed by atoms with E-state index >= 15 is 0 Å². The van der Waals surface area contributed by atoms with E-state index in [4.69, 9.17) is 14.2 Å². The average molecular weight is 313 g/mol. The normalized spacial score (nSPS) is 12.0. The number of nitrogens with one attached hydrogen (secondary N) is 1. The lowest BCUT2D eigenvalue weighted by atomic mass is 10.1. The van der Waals surface area contributed by atoms with Crippen LogP contribution in [-0.4, -0.2) is 38.9 Å². The summed E-state index contributed by atoms with van der Waals surface area (Å²) in [7, 11) is 4.89. The molecule has 120 valence electrons. The predicted molar refractivity (Wildman–Crippen MR) is 90.0 cm³/mol. The Kier molecular flexibility index (Phi) is 8.38. The van der Waals surface area contributed by atoms with Gasteiger partial charge in [-0.2, -0.15) is 11.8 Å². The monoisotopic (exact) mass is 313 g/mol. The first-order valence-electron chi connectivity index (χ1n) is 7.26. The van der Waals surface area contributed by atoms with Crippen molar-refractivity contribution in [3.05, 3.63) is 17.7 Å². The van der Waals surface area contributed by atoms with Gasteiger partial charge in [-0.3, -0.25) is 0 Å². The maximum absolute atomic E-state index is 5.37. The minimum absolute atomic E-state index is 0.489. The van der Waals surface area contributed by atoms with Crippen molar-refractivity contribution in [3.8, 4) is 17.2 Å². The van der Waals surface area contributed by atoms with Crippen LogP contribution in [0.15, 0.2) is 12.1 Å². The fourth-order valence-corrected chi connectivity index (χ4v) is 2.84. The zero-order valence-electron chi connectivity index (χ0n) is 13.7. The fourth-order valence-electron chi connectivity index (χ4n) is 2.04. The summed E-state index contributed by atoms with van der Waals surface area (Å²) in [5, 5.41) is 3.53. The molecule has 21 heavy (non-hydrogen) atoms. The first-order chi connectivity index (χ1) is 10.2. The smallest absolute Gasteiger partial charge is 0.203 e. The second-order valence-electron chi connectivity index (χ2n) is 4.80. The number of ether oxygens (including phenoxy) is 3. The van der Waals surface area contributed by atoms with E-state index in [1.54, 1.807) is 21.3 Å². The second kappa shape index (κ2) is 9.79. The Balaban J connectivity index is 2.66. The molecule has 1 atom stereocenters. The molecule has 1 rings (SSSR count). The molecule has 0 amide bonds. The van der Waals surface area contributed by atoms with Crippen molar-refractivity contribution >= 4 is 11.8 Å². The highest BCUT2D eigenvalue weighted by Crippen LogP contribution is 2.38. The predicted octanol–water partition coefficient (Wildman–Crippen LogP) is 3.33. The van der Waals surface area contributed by atoms with Crippen molar-refractivity contribution in [1.82, 2.24) is 5.32 Å². The van der Waals surface area contributed by atoms with Crippen LogP contribution in [0, 0.1) is 0 Å². The van der Waals surface area contributed by atoms with E-state index in [0.717, 1.165) is 12.1 Å². The van der Waals surface area contributed by atoms with Crippen molar-refractivity contribution < 1.29 is 14.2 Å². The Morgan fingerprint density at radius 1 is 1.10 bits per heavy atom. The molecule has 1 N–H and O–H groups in total. The number of thioether (sulfide) groups is 1. The van der Waals surface area contributed by atoms with Crippen LogP contribution in [0.2, 0.25) is 0 Å². The standard InChI is InChI=1S/C16H27NO3S/c1-6-21-8-7-12(2)17-11-13-9-14(18-3)16(20-5)15(10-13)19-4/h9-10,12,17H,6-8,11H2,1-5H3. The average Bonchev–Trinajstić information content (AvgIpc) is 2.51. The van der Waals surface area contributed by atoms with E-state index in [1.807, 2.05) is 23.9 Å². The summed E-state index contributed by atoms with van der Waals surface area (Å²) in [5.74, 6) is 4.40. The molecule has 0 fully saturated rings. The topological polar surface area (TPSA) is 39.7 Å². The summed E-state index contributed by atoms with van der Waals surface area (Å²) in [6.07, 6.45) is 1.17. The lowest BCUT2D eigenvalue weighted by molar-refractivity contribution is 0.323. The van der Waals surface area contributed by atoms with E-state index in [2.05, 4.69) is 19.2 Å². The third-order valence-electron chi connectivity index (χ3n) is 3.28. The minimum atomic E-state index is 0.489. The summed E-state index contributed by atoms with van der Waals surface area (Å²) < 4.78 is 16.1. The number of hydrogen-bond acceptors (Lipinski definition) is 5. The zero-order valence-corrected chi connectivity index (χ0v) is 14.5. The molecule has 5 heteroatoms. The van der Waals surface area contributed by atoms with Crippen molar-refractivity contribution in [2.45, 2.75) is 32.9 Å². The van der Waals surface area contributed by atoms with Gasteiger partial charge in [0.25, 0.3) is 0 Å². The van der Waals surface area contributed by atoms with E-state index in [9.17, 15) is 0 Å². The highest BCUT2D eigenvalue weighted by Gasteiger charge is 2.13. The number of hydrogen-bond donors (Lipinski definition) is 1. The highest BCUT2D eigenvalue weighted by molar-refractivity contribution is 7.99. The Labute approximate surface area is 132 Å². The minimum Gasteiger partial charge on any atom is -0.493 e. The summed E-state index contributed by atoms with van der Waals surface area (Å²) in [6.45, 7) is 5.20. The van der Waals surface area contributed by atoms with Crippen molar-refractivity contribution in [1.29, 1.82) is 0 Å². The third-order valence-corrected chi connectivity index (χ3v) is 4.21. The van der Waals surface area contributed by atoms with Crippen LogP contribution in [0.3, 0.4) is 0 Å². The molecule has 0 heterocycles. The maximum atomic E-state index is 5.37. The van der Waals surface area contributed by atoms with Crippen molar-refractivity contribution in [2.24, 2.45) is 0 Å². The van der Waals surface area contributed by atoms with Gasteiger partial charge in [0.1, 0.15) is 0 Å². The van der Waals surface area contributed by atoms with Crippen LogP contribution in [0.5, 0.6) is 17.2 Å². The van der Waals surface area contributed by atoms with Crippen LogP contribution in [0.1, 0.15) is 25.8 Å². The first-order valence-corrected chi connectivity index (χ1v) is 8.41. The van der Waals surface area contributed by atoms with Crippen LogP contribution < -0.4 is 19.5 Å². The van der Waals surface area contributed by atoms with Gasteiger partial charge in [-0.15, -0.1) is 0 Å². The van der Waals surface area contributed by atoms with Gasteiger partial charge in [0, 0.05) is 12.6 Å². The Hall–Kier alpha value is -1.07. The van der Waals surface area contributed by atoms with Crippen LogP contribution >= 0.6 is 11.8 Å². The SMILES string of the molecule is CCSCCC(C)NCc1cc(OC)c(OC)c(OC)c1. The summed E-state index contributed by atoms with van der Waals surface area (Å²) in [6, 6.07) is 4.46. The van der Waals surface area contributed by atoms with Gasteiger partial charge in [-0.1, -0.05) is 6.92 Å². The summed E-state index contributed by atoms with van der Waals surface area (Å²) in [4.78, 5) is 0. The van der Waals surface area contributed by atoms with Gasteiger partial charge in [0.15, 0.2) is 11.5 Å². The Morgan fingerprint density at radius 3 is 2.19 bits per heavy atom. The molecule has 0 saturated carbocycles. The van der Waals surface area contributed by atoms with E-state index in [1.165, 1.54) is 17.9 Å². The number of rotatable bonds is 10. The van der Waals surface area contributed by atoms with Gasteiger partial charge in [0.2, 0.25) is 5.75 Å². The number of benzene rings is 1. The molecule has 0 bridgehead atoms. The molecule has 0 aliphatic carbocycles. The highest BCUT2D eigenvalue weighted by atomic mass is 32.2. The van der Waals surface area contributed by atoms with Crippen LogP contribution in [0.25, 0.3) is 0 Å². The molecule has 0 aliphatic rings. The van der Waals surface area contributed by atoms with Gasteiger partial charge >= 0.3 is 0 Å². The molecule has 0 spiro atoms. The maximum Gasteiger partial charge on any atom is 0.203 e. The molecule has 1 aromatic carbocycles. The van der Waals surface area contributed by atoms with Crippen molar-refractivity contribution in [3.63, 3.8) is 0 Å². The molecule has 1 aromatic rings. The quantitative estimate of drug-likeness (QED) is 0.671. The Morgan fingerprint density at radius 2 is 1.71 bits per heavy atom. The molecule has 4 nitrogen and oxygen atoms in total. The van der Waals surface area contributed by atoms with Gasteiger partial charge < -0.3 is 19.5 Å². The fraction of sp³-hybridized carbons (Fsp3) is 0.625. The number of methoxy groups -OCH3 is 3. The molecule has 0 aromatic heterocycles. The van der Waals surface area contributed by atoms with Gasteiger partial charge in [-0.05, 0) is 42.5 Å². The first kappa shape index (κ1) is 18.0. The lowest BCUT2D eigenvalue weighted by Crippen LogP contribution is -2.26.